The molecule has 66 valence electrons. The van der Waals surface area contributed by atoms with Crippen molar-refractivity contribution in [2.75, 3.05) is 7.11 Å². The summed E-state index contributed by atoms with van der Waals surface area (Å²) in [6.07, 6.45) is 0. The van der Waals surface area contributed by atoms with Gasteiger partial charge in [-0.2, -0.15) is 11.2 Å². The van der Waals surface area contributed by atoms with Crippen molar-refractivity contribution in [3.8, 4) is 11.5 Å². The summed E-state index contributed by atoms with van der Waals surface area (Å²) in [5, 5.41) is 0. The summed E-state index contributed by atoms with van der Waals surface area (Å²) in [6.45, 7) is 0. The van der Waals surface area contributed by atoms with Crippen LogP contribution in [-0.2, 0) is 25.0 Å². The first-order valence-electron chi connectivity index (χ1n) is 3.14. The predicted molar refractivity (Wildman–Crippen MR) is 49.0 cm³/mol. The molecule has 0 unspecified atom stereocenters. The van der Waals surface area contributed by atoms with E-state index in [1.54, 1.807) is 31.4 Å². The van der Waals surface area contributed by atoms with Gasteiger partial charge in [0.15, 0.2) is 0 Å². The van der Waals surface area contributed by atoms with E-state index >= 15 is 0 Å². The lowest BCUT2D eigenvalue weighted by Gasteiger charge is -2.07. The van der Waals surface area contributed by atoms with Crippen LogP contribution in [0.2, 0.25) is 0 Å². The molecule has 0 radical (unpaired) electrons. The zero-order valence-electron chi connectivity index (χ0n) is 6.35. The van der Waals surface area contributed by atoms with Crippen LogP contribution in [0.3, 0.4) is 0 Å². The van der Waals surface area contributed by atoms with Crippen LogP contribution in [0.4, 0.5) is 0 Å². The topological polar surface area (TPSA) is 35.5 Å². The standard InChI is InChI=1S/C7H7O3S2/c1-9-6-3-2-4-7(5-6)10-12(8)11/h2-5H,1H3/q-1. The first-order chi connectivity index (χ1) is 5.72. The van der Waals surface area contributed by atoms with Gasteiger partial charge in [-0.1, -0.05) is 6.07 Å². The van der Waals surface area contributed by atoms with Gasteiger partial charge in [-0.3, -0.25) is 0 Å². The summed E-state index contributed by atoms with van der Waals surface area (Å²) in [5.41, 5.74) is 0. The van der Waals surface area contributed by atoms with Crippen LogP contribution >= 0.6 is 0 Å². The average Bonchev–Trinajstić information content (AvgIpc) is 2.03. The molecule has 0 N–H and O–H groups in total. The van der Waals surface area contributed by atoms with Crippen molar-refractivity contribution in [1.82, 2.24) is 0 Å². The molecule has 0 bridgehead atoms. The molecule has 1 rings (SSSR count). The van der Waals surface area contributed by atoms with Crippen molar-refractivity contribution in [2.45, 2.75) is 0 Å². The second-order valence-electron chi connectivity index (χ2n) is 1.97. The fourth-order valence-electron chi connectivity index (χ4n) is 0.732. The lowest BCUT2D eigenvalue weighted by molar-refractivity contribution is 0.412. The SMILES string of the molecule is COc1cccc(O[S-](=O)=S)c1. The number of ether oxygens (including phenoxy) is 1. The summed E-state index contributed by atoms with van der Waals surface area (Å²) in [6, 6.07) is 6.77. The van der Waals surface area contributed by atoms with Crippen molar-refractivity contribution in [3.05, 3.63) is 24.3 Å². The Hall–Kier alpha value is -0.810. The Morgan fingerprint density at radius 1 is 1.42 bits per heavy atom. The van der Waals surface area contributed by atoms with E-state index in [1.165, 1.54) is 0 Å². The quantitative estimate of drug-likeness (QED) is 0.696. The van der Waals surface area contributed by atoms with Gasteiger partial charge < -0.3 is 13.1 Å². The van der Waals surface area contributed by atoms with E-state index < -0.39 is 9.64 Å². The van der Waals surface area contributed by atoms with Gasteiger partial charge in [0, 0.05) is 6.07 Å². The number of hydrogen-bond donors (Lipinski definition) is 0. The van der Waals surface area contributed by atoms with E-state index in [9.17, 15) is 4.21 Å². The van der Waals surface area contributed by atoms with Gasteiger partial charge in [0.1, 0.15) is 11.5 Å². The highest BCUT2D eigenvalue weighted by Gasteiger charge is 1.91. The van der Waals surface area contributed by atoms with Crippen molar-refractivity contribution in [3.63, 3.8) is 0 Å². The van der Waals surface area contributed by atoms with Gasteiger partial charge in [-0.25, -0.2) is 0 Å². The maximum atomic E-state index is 10.5. The Balaban J connectivity index is 2.86. The van der Waals surface area contributed by atoms with Crippen molar-refractivity contribution in [2.24, 2.45) is 0 Å². The Bertz CT molecular complexity index is 325. The zero-order valence-corrected chi connectivity index (χ0v) is 7.98. The molecule has 1 aromatic carbocycles. The van der Waals surface area contributed by atoms with Crippen LogP contribution < -0.4 is 8.92 Å². The normalized spacial score (nSPS) is 9.83. The molecule has 0 atom stereocenters. The Morgan fingerprint density at radius 3 is 2.67 bits per heavy atom. The third-order valence-corrected chi connectivity index (χ3v) is 1.74. The van der Waals surface area contributed by atoms with Crippen LogP contribution in [-0.4, -0.2) is 7.11 Å². The van der Waals surface area contributed by atoms with E-state index in [1.807, 2.05) is 0 Å². The highest BCUT2D eigenvalue weighted by Crippen LogP contribution is 2.18. The van der Waals surface area contributed by atoms with Gasteiger partial charge in [0.25, 0.3) is 0 Å². The third kappa shape index (κ3) is 2.67. The van der Waals surface area contributed by atoms with Crippen molar-refractivity contribution >= 4 is 20.8 Å². The summed E-state index contributed by atoms with van der Waals surface area (Å²) >= 11 is 4.35. The zero-order chi connectivity index (χ0) is 8.97. The van der Waals surface area contributed by atoms with Gasteiger partial charge in [-0.15, -0.1) is 0 Å². The monoisotopic (exact) mass is 203 g/mol. The number of benzene rings is 1. The second-order valence-corrected chi connectivity index (χ2v) is 3.36. The molecule has 0 aliphatic heterocycles. The molecule has 1 aromatic rings. The molecular formula is C7H7O3S2-. The van der Waals surface area contributed by atoms with Crippen LogP contribution in [0.5, 0.6) is 11.5 Å². The number of methoxy groups -OCH3 is 1. The summed E-state index contributed by atoms with van der Waals surface area (Å²) in [4.78, 5) is 0. The Labute approximate surface area is 77.2 Å². The minimum Gasteiger partial charge on any atom is -0.551 e. The van der Waals surface area contributed by atoms with Crippen LogP contribution in [0.25, 0.3) is 0 Å². The second kappa shape index (κ2) is 4.27. The van der Waals surface area contributed by atoms with Gasteiger partial charge >= 0.3 is 0 Å². The molecule has 3 nitrogen and oxygen atoms in total. The van der Waals surface area contributed by atoms with Gasteiger partial charge in [0.2, 0.25) is 0 Å². The minimum absolute atomic E-state index is 0.447. The highest BCUT2D eigenvalue weighted by molar-refractivity contribution is 8.19. The number of hydrogen-bond acceptors (Lipinski definition) is 5. The number of rotatable bonds is 3. The molecule has 0 aliphatic carbocycles. The maximum absolute atomic E-state index is 10.5. The molecule has 0 fully saturated rings. The smallest absolute Gasteiger partial charge is 0.122 e. The van der Waals surface area contributed by atoms with E-state index in [0.29, 0.717) is 11.5 Å². The van der Waals surface area contributed by atoms with Crippen LogP contribution in [0.15, 0.2) is 24.3 Å². The molecule has 0 spiro atoms. The first-order valence-corrected chi connectivity index (χ1v) is 5.14. The fourth-order valence-corrected chi connectivity index (χ4v) is 1.23. The van der Waals surface area contributed by atoms with Crippen LogP contribution in [0.1, 0.15) is 0 Å². The Kier molecular flexibility index (Phi) is 3.31. The molecule has 0 aromatic heterocycles. The fraction of sp³-hybridized carbons (Fsp3) is 0.143. The molecule has 5 heteroatoms. The summed E-state index contributed by atoms with van der Waals surface area (Å²) in [5.74, 6) is 1.09. The molecular weight excluding hydrogens is 196 g/mol. The molecule has 0 amide bonds. The van der Waals surface area contributed by atoms with E-state index in [-0.39, 0.29) is 0 Å². The van der Waals surface area contributed by atoms with E-state index in [2.05, 4.69) is 11.2 Å². The van der Waals surface area contributed by atoms with E-state index in [0.717, 1.165) is 0 Å². The third-order valence-electron chi connectivity index (χ3n) is 1.21. The van der Waals surface area contributed by atoms with Crippen molar-refractivity contribution in [1.29, 1.82) is 0 Å². The van der Waals surface area contributed by atoms with Gasteiger partial charge in [-0.05, 0) is 21.8 Å². The maximum Gasteiger partial charge on any atom is 0.122 e. The van der Waals surface area contributed by atoms with Crippen molar-refractivity contribution < 1.29 is 13.1 Å². The highest BCUT2D eigenvalue weighted by atomic mass is 32.8. The van der Waals surface area contributed by atoms with Gasteiger partial charge in [0.05, 0.1) is 7.11 Å². The molecule has 0 saturated carbocycles. The van der Waals surface area contributed by atoms with E-state index in [4.69, 9.17) is 8.92 Å². The lowest BCUT2D eigenvalue weighted by Crippen LogP contribution is -1.88. The Morgan fingerprint density at radius 2 is 2.08 bits per heavy atom. The predicted octanol–water partition coefficient (Wildman–Crippen LogP) is 1.41. The molecule has 0 saturated heterocycles. The minimum atomic E-state index is -1.70. The average molecular weight is 203 g/mol. The summed E-state index contributed by atoms with van der Waals surface area (Å²) < 4.78 is 20.2. The molecule has 0 heterocycles. The lowest BCUT2D eigenvalue weighted by atomic mass is 10.3. The molecule has 0 aliphatic rings. The van der Waals surface area contributed by atoms with Crippen LogP contribution in [0, 0.1) is 0 Å². The summed E-state index contributed by atoms with van der Waals surface area (Å²) in [7, 11) is -0.154. The largest absolute Gasteiger partial charge is 0.551 e. The molecule has 12 heavy (non-hydrogen) atoms. The first kappa shape index (κ1) is 9.28.